The topological polar surface area (TPSA) is 24.7 Å². The van der Waals surface area contributed by atoms with Gasteiger partial charge in [0.2, 0.25) is 0 Å². The minimum Gasteiger partial charge on any atom is -0.179 e. The van der Waals surface area contributed by atoms with Crippen LogP contribution in [0, 0.1) is 0 Å². The van der Waals surface area contributed by atoms with Crippen LogP contribution in [0.25, 0.3) is 0 Å². The highest BCUT2D eigenvalue weighted by atomic mass is 15.2. The average Bonchev–Trinajstić information content (AvgIpc) is 1.86. The molecule has 0 saturated heterocycles. The van der Waals surface area contributed by atoms with Crippen LogP contribution >= 0.6 is 0 Å². The smallest absolute Gasteiger partial charge is 0.0988 e. The molecule has 1 rings (SSSR count). The molecule has 0 spiro atoms. The molecular formula is C6H10N2. The van der Waals surface area contributed by atoms with Crippen LogP contribution < -0.4 is 0 Å². The zero-order valence-electron chi connectivity index (χ0n) is 5.47. The first-order valence-corrected chi connectivity index (χ1v) is 2.72. The highest BCUT2D eigenvalue weighted by Gasteiger charge is 2.21. The maximum Gasteiger partial charge on any atom is 0.0988 e. The van der Waals surface area contributed by atoms with Crippen molar-refractivity contribution in [2.24, 2.45) is 10.2 Å². The predicted molar refractivity (Wildman–Crippen MR) is 32.7 cm³/mol. The molecule has 1 aliphatic rings. The van der Waals surface area contributed by atoms with E-state index in [1.165, 1.54) is 5.57 Å². The molecular weight excluding hydrogens is 100 g/mol. The molecule has 0 amide bonds. The normalized spacial score (nSPS) is 23.6. The molecule has 1 heterocycles. The SMILES string of the molecule is CC1=CN=NC1(C)C. The van der Waals surface area contributed by atoms with Gasteiger partial charge in [-0.15, -0.1) is 0 Å². The summed E-state index contributed by atoms with van der Waals surface area (Å²) in [5.41, 5.74) is 1.21. The average molecular weight is 110 g/mol. The third kappa shape index (κ3) is 0.661. The lowest BCUT2D eigenvalue weighted by molar-refractivity contribution is 0.609. The van der Waals surface area contributed by atoms with Crippen LogP contribution in [0.5, 0.6) is 0 Å². The van der Waals surface area contributed by atoms with Gasteiger partial charge in [0.25, 0.3) is 0 Å². The Morgan fingerprint density at radius 3 is 2.25 bits per heavy atom. The highest BCUT2D eigenvalue weighted by molar-refractivity contribution is 5.16. The largest absolute Gasteiger partial charge is 0.179 e. The summed E-state index contributed by atoms with van der Waals surface area (Å²) in [6, 6.07) is 0. The van der Waals surface area contributed by atoms with E-state index in [0.29, 0.717) is 0 Å². The van der Waals surface area contributed by atoms with Gasteiger partial charge in [-0.3, -0.25) is 0 Å². The number of nitrogens with zero attached hydrogens (tertiary/aromatic N) is 2. The highest BCUT2D eigenvalue weighted by Crippen LogP contribution is 2.25. The fourth-order valence-corrected chi connectivity index (χ4v) is 0.497. The standard InChI is InChI=1S/C6H10N2/c1-5-4-7-8-6(5,2)3/h4H,1-3H3. The first kappa shape index (κ1) is 5.48. The third-order valence-corrected chi connectivity index (χ3v) is 1.52. The van der Waals surface area contributed by atoms with E-state index in [0.717, 1.165) is 0 Å². The summed E-state index contributed by atoms with van der Waals surface area (Å²) in [4.78, 5) is 0. The first-order chi connectivity index (χ1) is 3.63. The second-order valence-corrected chi connectivity index (χ2v) is 2.59. The molecule has 0 saturated carbocycles. The van der Waals surface area contributed by atoms with Crippen molar-refractivity contribution in [1.29, 1.82) is 0 Å². The van der Waals surface area contributed by atoms with E-state index < -0.39 is 0 Å². The van der Waals surface area contributed by atoms with E-state index in [1.54, 1.807) is 6.20 Å². The van der Waals surface area contributed by atoms with Crippen LogP contribution in [0.1, 0.15) is 20.8 Å². The van der Waals surface area contributed by atoms with Gasteiger partial charge in [0.15, 0.2) is 0 Å². The molecule has 0 radical (unpaired) electrons. The molecule has 1 aliphatic heterocycles. The van der Waals surface area contributed by atoms with Crippen LogP contribution in [0.15, 0.2) is 22.0 Å². The molecule has 8 heavy (non-hydrogen) atoms. The predicted octanol–water partition coefficient (Wildman–Crippen LogP) is 2.13. The Balaban J connectivity index is 2.87. The summed E-state index contributed by atoms with van der Waals surface area (Å²) in [5, 5.41) is 7.76. The Hall–Kier alpha value is -0.660. The zero-order chi connectivity index (χ0) is 6.20. The van der Waals surface area contributed by atoms with E-state index in [2.05, 4.69) is 24.1 Å². The van der Waals surface area contributed by atoms with Crippen LogP contribution in [0.2, 0.25) is 0 Å². The van der Waals surface area contributed by atoms with Crippen molar-refractivity contribution in [1.82, 2.24) is 0 Å². The van der Waals surface area contributed by atoms with Crippen LogP contribution in [-0.4, -0.2) is 5.54 Å². The maximum absolute atomic E-state index is 3.98. The Labute approximate surface area is 49.3 Å². The molecule has 2 heteroatoms. The van der Waals surface area contributed by atoms with Crippen molar-refractivity contribution >= 4 is 0 Å². The number of azo groups is 1. The number of hydrogen-bond donors (Lipinski definition) is 0. The Kier molecular flexibility index (Phi) is 0.962. The van der Waals surface area contributed by atoms with E-state index in [4.69, 9.17) is 0 Å². The zero-order valence-corrected chi connectivity index (χ0v) is 5.47. The molecule has 0 aromatic rings. The van der Waals surface area contributed by atoms with E-state index in [1.807, 2.05) is 6.92 Å². The molecule has 0 aliphatic carbocycles. The summed E-state index contributed by atoms with van der Waals surface area (Å²) in [6.07, 6.45) is 1.81. The van der Waals surface area contributed by atoms with E-state index in [-0.39, 0.29) is 5.54 Å². The van der Waals surface area contributed by atoms with Gasteiger partial charge in [0.05, 0.1) is 11.7 Å². The molecule has 0 aromatic carbocycles. The maximum atomic E-state index is 3.98. The van der Waals surface area contributed by atoms with Crippen molar-refractivity contribution < 1.29 is 0 Å². The fourth-order valence-electron chi connectivity index (χ4n) is 0.497. The minimum atomic E-state index is -0.0278. The van der Waals surface area contributed by atoms with Crippen molar-refractivity contribution in [2.45, 2.75) is 26.3 Å². The Morgan fingerprint density at radius 2 is 2.12 bits per heavy atom. The fraction of sp³-hybridized carbons (Fsp3) is 0.667. The Bertz CT molecular complexity index is 154. The van der Waals surface area contributed by atoms with Crippen molar-refractivity contribution in [3.63, 3.8) is 0 Å². The second kappa shape index (κ2) is 1.41. The Morgan fingerprint density at radius 1 is 1.50 bits per heavy atom. The van der Waals surface area contributed by atoms with E-state index >= 15 is 0 Å². The molecule has 0 bridgehead atoms. The van der Waals surface area contributed by atoms with Gasteiger partial charge in [-0.2, -0.15) is 10.2 Å². The molecule has 0 unspecified atom stereocenters. The van der Waals surface area contributed by atoms with Gasteiger partial charge >= 0.3 is 0 Å². The summed E-state index contributed by atoms with van der Waals surface area (Å²) >= 11 is 0. The summed E-state index contributed by atoms with van der Waals surface area (Å²) in [5.74, 6) is 0. The summed E-state index contributed by atoms with van der Waals surface area (Å²) in [6.45, 7) is 6.14. The minimum absolute atomic E-state index is 0.0278. The lowest BCUT2D eigenvalue weighted by Gasteiger charge is -2.12. The molecule has 0 fully saturated rings. The van der Waals surface area contributed by atoms with Gasteiger partial charge < -0.3 is 0 Å². The third-order valence-electron chi connectivity index (χ3n) is 1.52. The lowest BCUT2D eigenvalue weighted by Crippen LogP contribution is -2.13. The number of rotatable bonds is 0. The lowest BCUT2D eigenvalue weighted by atomic mass is 9.99. The monoisotopic (exact) mass is 110 g/mol. The van der Waals surface area contributed by atoms with Gasteiger partial charge in [0.1, 0.15) is 0 Å². The molecule has 0 atom stereocenters. The van der Waals surface area contributed by atoms with Crippen molar-refractivity contribution in [2.75, 3.05) is 0 Å². The van der Waals surface area contributed by atoms with Gasteiger partial charge in [-0.05, 0) is 26.3 Å². The van der Waals surface area contributed by atoms with Crippen LogP contribution in [0.3, 0.4) is 0 Å². The van der Waals surface area contributed by atoms with Crippen LogP contribution in [-0.2, 0) is 0 Å². The molecule has 0 aromatic heterocycles. The van der Waals surface area contributed by atoms with Crippen LogP contribution in [0.4, 0.5) is 0 Å². The van der Waals surface area contributed by atoms with Crippen molar-refractivity contribution in [3.8, 4) is 0 Å². The summed E-state index contributed by atoms with van der Waals surface area (Å²) < 4.78 is 0. The number of hydrogen-bond acceptors (Lipinski definition) is 2. The van der Waals surface area contributed by atoms with Crippen molar-refractivity contribution in [3.05, 3.63) is 11.8 Å². The van der Waals surface area contributed by atoms with Gasteiger partial charge in [-0.25, -0.2) is 0 Å². The second-order valence-electron chi connectivity index (χ2n) is 2.59. The molecule has 44 valence electrons. The van der Waals surface area contributed by atoms with E-state index in [9.17, 15) is 0 Å². The first-order valence-electron chi connectivity index (χ1n) is 2.72. The quantitative estimate of drug-likeness (QED) is 0.456. The molecule has 0 N–H and O–H groups in total. The summed E-state index contributed by atoms with van der Waals surface area (Å²) in [7, 11) is 0. The van der Waals surface area contributed by atoms with Gasteiger partial charge in [-0.1, -0.05) is 0 Å². The van der Waals surface area contributed by atoms with Gasteiger partial charge in [0, 0.05) is 0 Å². The molecule has 2 nitrogen and oxygen atoms in total.